The molecule has 2 heteroatoms. The summed E-state index contributed by atoms with van der Waals surface area (Å²) in [5, 5.41) is 0. The highest BCUT2D eigenvalue weighted by Crippen LogP contribution is 2.13. The minimum atomic E-state index is 0.0633. The van der Waals surface area contributed by atoms with Gasteiger partial charge in [-0.3, -0.25) is 0 Å². The highest BCUT2D eigenvalue weighted by Gasteiger charge is 2.05. The number of methoxy groups -OCH3 is 1. The first-order valence-electron chi connectivity index (χ1n) is 4.25. The lowest BCUT2D eigenvalue weighted by atomic mass is 10.1. The summed E-state index contributed by atoms with van der Waals surface area (Å²) in [7, 11) is 1.65. The largest absolute Gasteiger partial charge is 0.497 e. The summed E-state index contributed by atoms with van der Waals surface area (Å²) in [4.78, 5) is 3.45. The van der Waals surface area contributed by atoms with Crippen molar-refractivity contribution in [3.8, 4) is 5.75 Å². The highest BCUT2D eigenvalue weighted by atomic mass is 16.5. The fourth-order valence-corrected chi connectivity index (χ4v) is 1.15. The first-order chi connectivity index (χ1) is 6.26. The van der Waals surface area contributed by atoms with Gasteiger partial charge in [-0.05, 0) is 17.7 Å². The lowest BCUT2D eigenvalue weighted by Gasteiger charge is -2.02. The van der Waals surface area contributed by atoms with Crippen molar-refractivity contribution in [3.63, 3.8) is 0 Å². The van der Waals surface area contributed by atoms with Crippen LogP contribution in [0.5, 0.6) is 5.75 Å². The van der Waals surface area contributed by atoms with Crippen molar-refractivity contribution in [2.24, 2.45) is 0 Å². The van der Waals surface area contributed by atoms with Crippen LogP contribution in [-0.4, -0.2) is 13.2 Å². The monoisotopic (exact) mass is 175 g/mol. The highest BCUT2D eigenvalue weighted by molar-refractivity contribution is 5.27. The van der Waals surface area contributed by atoms with Crippen LogP contribution in [0.4, 0.5) is 0 Å². The molecule has 2 nitrogen and oxygen atoms in total. The minimum absolute atomic E-state index is 0.0633. The molecule has 1 atom stereocenters. The molecule has 1 aromatic carbocycles. The van der Waals surface area contributed by atoms with Crippen LogP contribution in [-0.2, 0) is 6.42 Å². The molecule has 0 amide bonds. The zero-order valence-electron chi connectivity index (χ0n) is 7.95. The lowest BCUT2D eigenvalue weighted by Crippen LogP contribution is -1.99. The fourth-order valence-electron chi connectivity index (χ4n) is 1.15. The Bertz CT molecular complexity index is 297. The average molecular weight is 175 g/mol. The van der Waals surface area contributed by atoms with Gasteiger partial charge in [-0.1, -0.05) is 12.1 Å². The van der Waals surface area contributed by atoms with Crippen molar-refractivity contribution in [1.29, 1.82) is 0 Å². The number of nitrogens with zero attached hydrogens (tertiary/aromatic N) is 1. The molecule has 0 saturated heterocycles. The first kappa shape index (κ1) is 9.60. The van der Waals surface area contributed by atoms with Crippen molar-refractivity contribution in [3.05, 3.63) is 41.2 Å². The van der Waals surface area contributed by atoms with E-state index in [1.54, 1.807) is 7.11 Å². The third-order valence-corrected chi connectivity index (χ3v) is 1.91. The van der Waals surface area contributed by atoms with Gasteiger partial charge in [-0.15, -0.1) is 0 Å². The molecular weight excluding hydrogens is 162 g/mol. The summed E-state index contributed by atoms with van der Waals surface area (Å²) in [6.45, 7) is 8.76. The Morgan fingerprint density at radius 1 is 1.38 bits per heavy atom. The van der Waals surface area contributed by atoms with Crippen molar-refractivity contribution in [2.75, 3.05) is 7.11 Å². The topological polar surface area (TPSA) is 13.6 Å². The maximum Gasteiger partial charge on any atom is 0.225 e. The van der Waals surface area contributed by atoms with Crippen LogP contribution < -0.4 is 4.74 Å². The zero-order valence-corrected chi connectivity index (χ0v) is 7.95. The van der Waals surface area contributed by atoms with Gasteiger partial charge in [-0.2, -0.15) is 0 Å². The van der Waals surface area contributed by atoms with Gasteiger partial charge in [-0.25, -0.2) is 6.57 Å². The molecule has 0 spiro atoms. The molecular formula is C11H13NO. The van der Waals surface area contributed by atoms with Crippen LogP contribution in [0.1, 0.15) is 12.5 Å². The van der Waals surface area contributed by atoms with Crippen molar-refractivity contribution in [1.82, 2.24) is 0 Å². The zero-order chi connectivity index (χ0) is 9.68. The molecule has 1 rings (SSSR count). The smallest absolute Gasteiger partial charge is 0.225 e. The number of rotatable bonds is 3. The van der Waals surface area contributed by atoms with Crippen LogP contribution in [0.25, 0.3) is 4.85 Å². The molecule has 68 valence electrons. The number of hydrogen-bond acceptors (Lipinski definition) is 1. The first-order valence-corrected chi connectivity index (χ1v) is 4.25. The molecule has 1 unspecified atom stereocenters. The summed E-state index contributed by atoms with van der Waals surface area (Å²) in [5.41, 5.74) is 1.18. The van der Waals surface area contributed by atoms with Gasteiger partial charge < -0.3 is 9.58 Å². The third-order valence-electron chi connectivity index (χ3n) is 1.91. The standard InChI is InChI=1S/C11H13NO/c1-9(12-2)8-10-4-6-11(13-3)7-5-10/h4-7,9H,8H2,1,3H3. The molecule has 0 fully saturated rings. The molecule has 13 heavy (non-hydrogen) atoms. The molecule has 0 aliphatic carbocycles. The van der Waals surface area contributed by atoms with Gasteiger partial charge in [0.1, 0.15) is 5.75 Å². The van der Waals surface area contributed by atoms with E-state index < -0.39 is 0 Å². The second-order valence-electron chi connectivity index (χ2n) is 3.03. The Hall–Kier alpha value is -1.49. The Balaban J connectivity index is 2.65. The van der Waals surface area contributed by atoms with E-state index in [1.807, 2.05) is 31.2 Å². The van der Waals surface area contributed by atoms with Crippen LogP contribution in [0.2, 0.25) is 0 Å². The van der Waals surface area contributed by atoms with Gasteiger partial charge in [0.2, 0.25) is 6.04 Å². The molecule has 0 bridgehead atoms. The van der Waals surface area contributed by atoms with E-state index >= 15 is 0 Å². The van der Waals surface area contributed by atoms with Gasteiger partial charge >= 0.3 is 0 Å². The Morgan fingerprint density at radius 3 is 2.46 bits per heavy atom. The fraction of sp³-hybridized carbons (Fsp3) is 0.364. The van der Waals surface area contributed by atoms with E-state index in [0.717, 1.165) is 12.2 Å². The molecule has 0 aromatic heterocycles. The molecule has 0 aliphatic heterocycles. The van der Waals surface area contributed by atoms with Crippen LogP contribution in [0, 0.1) is 6.57 Å². The van der Waals surface area contributed by atoms with Crippen LogP contribution >= 0.6 is 0 Å². The summed E-state index contributed by atoms with van der Waals surface area (Å²) < 4.78 is 5.04. The van der Waals surface area contributed by atoms with Gasteiger partial charge in [0.15, 0.2) is 0 Å². The molecule has 0 radical (unpaired) electrons. The van der Waals surface area contributed by atoms with Crippen LogP contribution in [0.3, 0.4) is 0 Å². The maximum absolute atomic E-state index is 6.84. The number of benzene rings is 1. The molecule has 0 saturated carbocycles. The Morgan fingerprint density at radius 2 is 2.00 bits per heavy atom. The molecule has 0 heterocycles. The number of hydrogen-bond donors (Lipinski definition) is 0. The second-order valence-corrected chi connectivity index (χ2v) is 3.03. The maximum atomic E-state index is 6.84. The van der Waals surface area contributed by atoms with Crippen molar-refractivity contribution < 1.29 is 4.74 Å². The predicted molar refractivity (Wildman–Crippen MR) is 52.8 cm³/mol. The Kier molecular flexibility index (Phi) is 3.33. The third kappa shape index (κ3) is 2.79. The van der Waals surface area contributed by atoms with E-state index in [9.17, 15) is 0 Å². The normalized spacial score (nSPS) is 11.8. The summed E-state index contributed by atoms with van der Waals surface area (Å²) in [6.07, 6.45) is 0.813. The summed E-state index contributed by atoms with van der Waals surface area (Å²) in [6, 6.07) is 7.91. The van der Waals surface area contributed by atoms with Gasteiger partial charge in [0, 0.05) is 13.3 Å². The quantitative estimate of drug-likeness (QED) is 0.644. The van der Waals surface area contributed by atoms with Gasteiger partial charge in [0.05, 0.1) is 7.11 Å². The number of ether oxygens (including phenoxy) is 1. The van der Waals surface area contributed by atoms with E-state index in [1.165, 1.54) is 5.56 Å². The van der Waals surface area contributed by atoms with Crippen molar-refractivity contribution in [2.45, 2.75) is 19.4 Å². The summed E-state index contributed by atoms with van der Waals surface area (Å²) in [5.74, 6) is 0.860. The average Bonchev–Trinajstić information content (AvgIpc) is 2.19. The van der Waals surface area contributed by atoms with Gasteiger partial charge in [0.25, 0.3) is 0 Å². The predicted octanol–water partition coefficient (Wildman–Crippen LogP) is 2.55. The SMILES string of the molecule is [C-]#[N+]C(C)Cc1ccc(OC)cc1. The Labute approximate surface area is 79.0 Å². The minimum Gasteiger partial charge on any atom is -0.497 e. The van der Waals surface area contributed by atoms with Crippen molar-refractivity contribution >= 4 is 0 Å². The van der Waals surface area contributed by atoms with Crippen LogP contribution in [0.15, 0.2) is 24.3 Å². The van der Waals surface area contributed by atoms with E-state index in [-0.39, 0.29) is 6.04 Å². The van der Waals surface area contributed by atoms with E-state index in [2.05, 4.69) is 4.85 Å². The molecule has 0 N–H and O–H groups in total. The summed E-state index contributed by atoms with van der Waals surface area (Å²) >= 11 is 0. The second kappa shape index (κ2) is 4.51. The van der Waals surface area contributed by atoms with E-state index in [4.69, 9.17) is 11.3 Å². The molecule has 1 aromatic rings. The van der Waals surface area contributed by atoms with E-state index in [0.29, 0.717) is 0 Å². The molecule has 0 aliphatic rings. The lowest BCUT2D eigenvalue weighted by molar-refractivity contribution is 0.414.